The maximum atomic E-state index is 13.0. The summed E-state index contributed by atoms with van der Waals surface area (Å²) >= 11 is 0. The summed E-state index contributed by atoms with van der Waals surface area (Å²) in [7, 11) is 0. The first kappa shape index (κ1) is 23.8. The van der Waals surface area contributed by atoms with Crippen molar-refractivity contribution in [3.63, 3.8) is 0 Å². The quantitative estimate of drug-likeness (QED) is 0.553. The Balaban J connectivity index is 1.66. The van der Waals surface area contributed by atoms with Gasteiger partial charge in [0.2, 0.25) is 5.91 Å². The number of benzene rings is 2. The molecule has 0 spiro atoms. The number of carbonyl (C=O) groups is 4. The molecule has 9 heteroatoms. The zero-order valence-electron chi connectivity index (χ0n) is 18.5. The topological polar surface area (TPSA) is 125 Å². The molecule has 33 heavy (non-hydrogen) atoms. The summed E-state index contributed by atoms with van der Waals surface area (Å²) in [5.74, 6) is -2.06. The lowest BCUT2D eigenvalue weighted by Crippen LogP contribution is -2.47. The van der Waals surface area contributed by atoms with Crippen LogP contribution in [0.25, 0.3) is 0 Å². The van der Waals surface area contributed by atoms with E-state index in [1.807, 2.05) is 31.2 Å². The molecule has 1 aliphatic heterocycles. The molecule has 3 rings (SSSR count). The van der Waals surface area contributed by atoms with Gasteiger partial charge in [0.1, 0.15) is 6.04 Å². The first-order valence-corrected chi connectivity index (χ1v) is 10.7. The smallest absolute Gasteiger partial charge is 0.338 e. The number of aryl methyl sites for hydroxylation is 1. The minimum atomic E-state index is -1.07. The van der Waals surface area contributed by atoms with Gasteiger partial charge in [-0.25, -0.2) is 14.4 Å². The number of nitrogens with one attached hydrogen (secondary N) is 2. The Hall–Kier alpha value is -3.88. The van der Waals surface area contributed by atoms with Gasteiger partial charge >= 0.3 is 18.0 Å². The van der Waals surface area contributed by atoms with Gasteiger partial charge in [-0.3, -0.25) is 4.79 Å². The Bertz CT molecular complexity index is 1050. The fourth-order valence-electron chi connectivity index (χ4n) is 4.03. The van der Waals surface area contributed by atoms with Crippen LogP contribution in [0.3, 0.4) is 0 Å². The number of hydrogen-bond acceptors (Lipinski definition) is 5. The number of hydrogen-bond donors (Lipinski definition) is 3. The lowest BCUT2D eigenvalue weighted by Gasteiger charge is -2.29. The van der Waals surface area contributed by atoms with E-state index in [0.29, 0.717) is 18.5 Å². The molecule has 2 aromatic rings. The fraction of sp³-hybridized carbons (Fsp3) is 0.333. The molecule has 1 heterocycles. The van der Waals surface area contributed by atoms with Gasteiger partial charge < -0.3 is 25.4 Å². The summed E-state index contributed by atoms with van der Waals surface area (Å²) in [6.45, 7) is 3.48. The number of anilines is 1. The molecule has 9 nitrogen and oxygen atoms in total. The van der Waals surface area contributed by atoms with Crippen molar-refractivity contribution in [3.8, 4) is 0 Å². The first-order valence-electron chi connectivity index (χ1n) is 10.7. The maximum absolute atomic E-state index is 13.0. The molecule has 0 saturated carbocycles. The average Bonchev–Trinajstić information content (AvgIpc) is 3.23. The van der Waals surface area contributed by atoms with Crippen molar-refractivity contribution in [2.24, 2.45) is 0 Å². The van der Waals surface area contributed by atoms with Crippen molar-refractivity contribution >= 4 is 29.6 Å². The first-order chi connectivity index (χ1) is 15.8. The Kier molecular flexibility index (Phi) is 7.66. The number of likely N-dealkylation sites (tertiary alicyclic amines) is 1. The number of carboxylic acid groups (broad SMARTS) is 1. The number of amides is 3. The minimum absolute atomic E-state index is 0.233. The van der Waals surface area contributed by atoms with E-state index in [1.54, 1.807) is 25.1 Å². The molecule has 0 radical (unpaired) electrons. The highest BCUT2D eigenvalue weighted by Crippen LogP contribution is 2.37. The molecule has 2 atom stereocenters. The summed E-state index contributed by atoms with van der Waals surface area (Å²) in [6, 6.07) is 11.8. The van der Waals surface area contributed by atoms with E-state index in [1.165, 1.54) is 11.0 Å². The zero-order valence-corrected chi connectivity index (χ0v) is 18.5. The molecule has 0 bridgehead atoms. The lowest BCUT2D eigenvalue weighted by atomic mass is 9.99. The van der Waals surface area contributed by atoms with Gasteiger partial charge in [0.25, 0.3) is 0 Å². The van der Waals surface area contributed by atoms with Gasteiger partial charge in [0, 0.05) is 5.69 Å². The number of urea groups is 1. The van der Waals surface area contributed by atoms with Crippen LogP contribution in [-0.2, 0) is 14.3 Å². The van der Waals surface area contributed by atoms with Crippen LogP contribution >= 0.6 is 0 Å². The Labute approximate surface area is 191 Å². The third kappa shape index (κ3) is 5.68. The van der Waals surface area contributed by atoms with Gasteiger partial charge in [-0.15, -0.1) is 0 Å². The highest BCUT2D eigenvalue weighted by atomic mass is 16.5. The Morgan fingerprint density at radius 3 is 2.55 bits per heavy atom. The summed E-state index contributed by atoms with van der Waals surface area (Å²) in [6.07, 6.45) is 0.868. The molecule has 174 valence electrons. The molecule has 0 aliphatic carbocycles. The number of carbonyl (C=O) groups excluding carboxylic acids is 3. The third-order valence-electron chi connectivity index (χ3n) is 5.54. The average molecular weight is 453 g/mol. The number of aliphatic carboxylic acids is 1. The molecular formula is C24H27N3O6. The van der Waals surface area contributed by atoms with Crippen molar-refractivity contribution in [2.75, 3.05) is 18.5 Å². The van der Waals surface area contributed by atoms with Crippen LogP contribution in [0.4, 0.5) is 10.5 Å². The molecule has 2 aromatic carbocycles. The van der Waals surface area contributed by atoms with Crippen molar-refractivity contribution in [2.45, 2.75) is 38.8 Å². The zero-order chi connectivity index (χ0) is 24.0. The lowest BCUT2D eigenvalue weighted by molar-refractivity contribution is -0.149. The van der Waals surface area contributed by atoms with Crippen molar-refractivity contribution in [1.29, 1.82) is 0 Å². The van der Waals surface area contributed by atoms with Crippen LogP contribution in [0.2, 0.25) is 0 Å². The van der Waals surface area contributed by atoms with Gasteiger partial charge in [-0.05, 0) is 56.0 Å². The van der Waals surface area contributed by atoms with Gasteiger partial charge in [0.05, 0.1) is 24.8 Å². The largest absolute Gasteiger partial charge is 0.480 e. The molecule has 3 amide bonds. The summed E-state index contributed by atoms with van der Waals surface area (Å²) < 4.78 is 4.94. The summed E-state index contributed by atoms with van der Waals surface area (Å²) in [5, 5.41) is 14.7. The number of esters is 1. The number of nitrogens with zero attached hydrogens (tertiary/aromatic N) is 1. The van der Waals surface area contributed by atoms with Gasteiger partial charge in [-0.1, -0.05) is 30.3 Å². The van der Waals surface area contributed by atoms with Crippen molar-refractivity contribution < 1.29 is 29.0 Å². The van der Waals surface area contributed by atoms with E-state index in [-0.39, 0.29) is 24.8 Å². The monoisotopic (exact) mass is 453 g/mol. The molecular weight excluding hydrogens is 426 g/mol. The molecule has 1 fully saturated rings. The third-order valence-corrected chi connectivity index (χ3v) is 5.54. The van der Waals surface area contributed by atoms with E-state index in [0.717, 1.165) is 11.1 Å². The molecule has 0 aromatic heterocycles. The summed E-state index contributed by atoms with van der Waals surface area (Å²) in [5.41, 5.74) is 2.51. The van der Waals surface area contributed by atoms with Crippen LogP contribution in [0.1, 0.15) is 47.3 Å². The van der Waals surface area contributed by atoms with E-state index >= 15 is 0 Å². The highest BCUT2D eigenvalue weighted by molar-refractivity contribution is 5.95. The molecule has 1 unspecified atom stereocenters. The second-order valence-corrected chi connectivity index (χ2v) is 7.71. The van der Waals surface area contributed by atoms with Crippen molar-refractivity contribution in [1.82, 2.24) is 10.2 Å². The highest BCUT2D eigenvalue weighted by Gasteiger charge is 2.41. The second kappa shape index (κ2) is 10.6. The van der Waals surface area contributed by atoms with Crippen LogP contribution in [-0.4, -0.2) is 53.1 Å². The van der Waals surface area contributed by atoms with Crippen LogP contribution in [0.5, 0.6) is 0 Å². The maximum Gasteiger partial charge on any atom is 0.338 e. The summed E-state index contributed by atoms with van der Waals surface area (Å²) in [4.78, 5) is 50.3. The van der Waals surface area contributed by atoms with Crippen molar-refractivity contribution in [3.05, 3.63) is 65.2 Å². The van der Waals surface area contributed by atoms with Crippen LogP contribution in [0, 0.1) is 6.92 Å². The molecule has 3 N–H and O–H groups in total. The minimum Gasteiger partial charge on any atom is -0.480 e. The predicted molar refractivity (Wildman–Crippen MR) is 121 cm³/mol. The molecule has 1 saturated heterocycles. The molecule has 1 aliphatic rings. The Morgan fingerprint density at radius 1 is 1.09 bits per heavy atom. The SMILES string of the molecule is CCOC(=O)c1cccc(NC(=O)NCC(=O)N2C(c3ccccc3C)CC[C@H]2C(=O)O)c1. The van der Waals surface area contributed by atoms with Crippen LogP contribution in [0.15, 0.2) is 48.5 Å². The van der Waals surface area contributed by atoms with Gasteiger partial charge in [0.15, 0.2) is 0 Å². The van der Waals surface area contributed by atoms with Crippen LogP contribution < -0.4 is 10.6 Å². The predicted octanol–water partition coefficient (Wildman–Crippen LogP) is 3.11. The Morgan fingerprint density at radius 2 is 1.85 bits per heavy atom. The number of carboxylic acids is 1. The number of rotatable bonds is 7. The van der Waals surface area contributed by atoms with E-state index < -0.39 is 29.9 Å². The second-order valence-electron chi connectivity index (χ2n) is 7.71. The standard InChI is InChI=1S/C24H27N3O6/c1-3-33-23(31)16-8-6-9-17(13-16)26-24(32)25-14-21(28)27-19(11-12-20(27)22(29)30)18-10-5-4-7-15(18)2/h4-10,13,19-20H,3,11-12,14H2,1-2H3,(H,29,30)(H2,25,26,32)/t19?,20-/m0/s1. The van der Waals surface area contributed by atoms with E-state index in [9.17, 15) is 24.3 Å². The van der Waals surface area contributed by atoms with E-state index in [4.69, 9.17) is 4.74 Å². The van der Waals surface area contributed by atoms with E-state index in [2.05, 4.69) is 10.6 Å². The fourth-order valence-corrected chi connectivity index (χ4v) is 4.03. The number of ether oxygens (including phenoxy) is 1. The van der Waals surface area contributed by atoms with Gasteiger partial charge in [-0.2, -0.15) is 0 Å². The normalized spacial score (nSPS) is 17.3.